The molecular weight excluding hydrogens is 218 g/mol. The number of allylic oxidation sites excluding steroid dienone is 4. The first kappa shape index (κ1) is 13.6. The summed E-state index contributed by atoms with van der Waals surface area (Å²) in [6.45, 7) is 11.4. The molecule has 0 amide bonds. The maximum Gasteiger partial charge on any atom is 0.0531 e. The van der Waals surface area contributed by atoms with Crippen molar-refractivity contribution in [3.8, 4) is 0 Å². The molecule has 0 saturated heterocycles. The lowest BCUT2D eigenvalue weighted by Gasteiger charge is -2.61. The van der Waals surface area contributed by atoms with Crippen LogP contribution in [0.2, 0.25) is 0 Å². The first-order chi connectivity index (χ1) is 8.50. The van der Waals surface area contributed by atoms with E-state index in [2.05, 4.69) is 59.1 Å². The van der Waals surface area contributed by atoms with Crippen LogP contribution in [0.1, 0.15) is 47.5 Å². The van der Waals surface area contributed by atoms with E-state index >= 15 is 0 Å². The molecule has 3 aliphatic carbocycles. The van der Waals surface area contributed by atoms with Crippen molar-refractivity contribution in [3.63, 3.8) is 0 Å². The van der Waals surface area contributed by atoms with E-state index in [1.807, 2.05) is 0 Å². The summed E-state index contributed by atoms with van der Waals surface area (Å²) >= 11 is 0. The molecule has 0 aromatic heterocycles. The number of nitrogens with zero attached hydrogens (tertiary/aromatic N) is 1. The standard InChI is InChI=1S/C17H27N/c1-6-8-13(7-2)11-18-16-10-14-9-15(12(16)3)17(14,4)5/h6-8,11-12,14-16H,9-10H2,1-5H3/b8-6-,13-7+,18-11?/t12-,14+,15-,16-/m1/s1. The van der Waals surface area contributed by atoms with E-state index in [0.717, 1.165) is 17.8 Å². The van der Waals surface area contributed by atoms with Gasteiger partial charge >= 0.3 is 0 Å². The van der Waals surface area contributed by atoms with Crippen molar-refractivity contribution in [3.05, 3.63) is 23.8 Å². The first-order valence-corrected chi connectivity index (χ1v) is 7.32. The fraction of sp³-hybridized carbons (Fsp3) is 0.706. The van der Waals surface area contributed by atoms with E-state index in [-0.39, 0.29) is 0 Å². The summed E-state index contributed by atoms with van der Waals surface area (Å²) < 4.78 is 0. The quantitative estimate of drug-likeness (QED) is 0.507. The third kappa shape index (κ3) is 2.20. The molecule has 18 heavy (non-hydrogen) atoms. The summed E-state index contributed by atoms with van der Waals surface area (Å²) in [7, 11) is 0. The van der Waals surface area contributed by atoms with Crippen LogP contribution in [0.5, 0.6) is 0 Å². The topological polar surface area (TPSA) is 12.4 Å². The zero-order valence-electron chi connectivity index (χ0n) is 12.5. The van der Waals surface area contributed by atoms with Crippen LogP contribution in [0.25, 0.3) is 0 Å². The molecule has 0 unspecified atom stereocenters. The van der Waals surface area contributed by atoms with Gasteiger partial charge in [0, 0.05) is 6.21 Å². The smallest absolute Gasteiger partial charge is 0.0531 e. The summed E-state index contributed by atoms with van der Waals surface area (Å²) in [6, 6.07) is 0.544. The van der Waals surface area contributed by atoms with Crippen molar-refractivity contribution in [2.24, 2.45) is 28.2 Å². The average molecular weight is 245 g/mol. The fourth-order valence-corrected chi connectivity index (χ4v) is 3.91. The molecule has 0 heterocycles. The molecule has 3 aliphatic rings. The lowest BCUT2D eigenvalue weighted by Crippen LogP contribution is -2.56. The number of rotatable bonds is 3. The second kappa shape index (κ2) is 5.03. The average Bonchev–Trinajstić information content (AvgIpc) is 2.35. The molecule has 3 saturated carbocycles. The van der Waals surface area contributed by atoms with Crippen molar-refractivity contribution >= 4 is 6.21 Å². The van der Waals surface area contributed by atoms with Crippen molar-refractivity contribution in [1.29, 1.82) is 0 Å². The van der Waals surface area contributed by atoms with Gasteiger partial charge in [0.25, 0.3) is 0 Å². The van der Waals surface area contributed by atoms with Crippen LogP contribution in [-0.4, -0.2) is 12.3 Å². The van der Waals surface area contributed by atoms with Crippen LogP contribution in [0.15, 0.2) is 28.8 Å². The Balaban J connectivity index is 2.03. The highest BCUT2D eigenvalue weighted by Crippen LogP contribution is 2.61. The molecule has 1 heteroatoms. The highest BCUT2D eigenvalue weighted by atomic mass is 14.8. The molecule has 0 aromatic carbocycles. The fourth-order valence-electron chi connectivity index (χ4n) is 3.91. The zero-order chi connectivity index (χ0) is 13.3. The Morgan fingerprint density at radius 2 is 1.94 bits per heavy atom. The summed E-state index contributed by atoms with van der Waals surface area (Å²) in [4.78, 5) is 4.86. The summed E-state index contributed by atoms with van der Waals surface area (Å²) in [5.41, 5.74) is 1.79. The minimum absolute atomic E-state index is 0.544. The number of fused-ring (bicyclic) bond motifs is 2. The number of hydrogen-bond acceptors (Lipinski definition) is 1. The maximum atomic E-state index is 4.86. The largest absolute Gasteiger partial charge is 0.289 e. The zero-order valence-corrected chi connectivity index (χ0v) is 12.5. The van der Waals surface area contributed by atoms with E-state index in [1.54, 1.807) is 0 Å². The van der Waals surface area contributed by atoms with E-state index in [0.29, 0.717) is 11.5 Å². The molecule has 2 bridgehead atoms. The van der Waals surface area contributed by atoms with E-state index in [4.69, 9.17) is 4.99 Å². The molecule has 0 aliphatic heterocycles. The Morgan fingerprint density at radius 1 is 1.22 bits per heavy atom. The van der Waals surface area contributed by atoms with E-state index in [1.165, 1.54) is 18.4 Å². The van der Waals surface area contributed by atoms with Gasteiger partial charge in [0.1, 0.15) is 0 Å². The molecular formula is C17H27N. The predicted molar refractivity (Wildman–Crippen MR) is 80.0 cm³/mol. The second-order valence-electron chi connectivity index (χ2n) is 6.59. The molecule has 0 N–H and O–H groups in total. The Labute approximate surface area is 112 Å². The third-order valence-electron chi connectivity index (χ3n) is 5.42. The highest BCUT2D eigenvalue weighted by molar-refractivity contribution is 5.82. The summed E-state index contributed by atoms with van der Waals surface area (Å²) in [5.74, 6) is 2.52. The van der Waals surface area contributed by atoms with Crippen LogP contribution < -0.4 is 0 Å². The van der Waals surface area contributed by atoms with Gasteiger partial charge in [0.15, 0.2) is 0 Å². The minimum Gasteiger partial charge on any atom is -0.289 e. The van der Waals surface area contributed by atoms with Gasteiger partial charge in [-0.05, 0) is 55.4 Å². The van der Waals surface area contributed by atoms with Crippen LogP contribution >= 0.6 is 0 Å². The lowest BCUT2D eigenvalue weighted by atomic mass is 9.45. The van der Waals surface area contributed by atoms with Crippen molar-refractivity contribution in [1.82, 2.24) is 0 Å². The molecule has 3 rings (SSSR count). The predicted octanol–water partition coefficient (Wildman–Crippen LogP) is 4.65. The third-order valence-corrected chi connectivity index (χ3v) is 5.42. The van der Waals surface area contributed by atoms with Gasteiger partial charge in [-0.15, -0.1) is 0 Å². The van der Waals surface area contributed by atoms with Crippen LogP contribution in [0.3, 0.4) is 0 Å². The van der Waals surface area contributed by atoms with Gasteiger partial charge in [-0.2, -0.15) is 0 Å². The van der Waals surface area contributed by atoms with Crippen LogP contribution in [0.4, 0.5) is 0 Å². The molecule has 100 valence electrons. The van der Waals surface area contributed by atoms with E-state index < -0.39 is 0 Å². The lowest BCUT2D eigenvalue weighted by molar-refractivity contribution is -0.108. The number of aliphatic imine (C=N–C) groups is 1. The Kier molecular flexibility index (Phi) is 3.79. The molecule has 1 nitrogen and oxygen atoms in total. The molecule has 4 atom stereocenters. The van der Waals surface area contributed by atoms with Gasteiger partial charge in [0.2, 0.25) is 0 Å². The first-order valence-electron chi connectivity index (χ1n) is 7.32. The summed E-state index contributed by atoms with van der Waals surface area (Å²) in [6.07, 6.45) is 11.1. The Hall–Kier alpha value is -0.850. The van der Waals surface area contributed by atoms with Gasteiger partial charge in [-0.25, -0.2) is 0 Å². The molecule has 0 aromatic rings. The normalized spacial score (nSPS) is 39.3. The Morgan fingerprint density at radius 3 is 2.44 bits per heavy atom. The van der Waals surface area contributed by atoms with Gasteiger partial charge in [-0.1, -0.05) is 39.0 Å². The minimum atomic E-state index is 0.544. The number of hydrogen-bond donors (Lipinski definition) is 0. The van der Waals surface area contributed by atoms with Gasteiger partial charge in [0.05, 0.1) is 6.04 Å². The molecule has 0 spiro atoms. The monoisotopic (exact) mass is 245 g/mol. The highest BCUT2D eigenvalue weighted by Gasteiger charge is 2.56. The van der Waals surface area contributed by atoms with Crippen LogP contribution in [-0.2, 0) is 0 Å². The molecule has 3 fully saturated rings. The second-order valence-corrected chi connectivity index (χ2v) is 6.59. The Bertz CT molecular complexity index is 386. The van der Waals surface area contributed by atoms with E-state index in [9.17, 15) is 0 Å². The molecule has 0 radical (unpaired) electrons. The van der Waals surface area contributed by atoms with Crippen molar-refractivity contribution in [2.45, 2.75) is 53.5 Å². The van der Waals surface area contributed by atoms with Crippen molar-refractivity contribution in [2.75, 3.05) is 0 Å². The van der Waals surface area contributed by atoms with Crippen LogP contribution in [0, 0.1) is 23.2 Å². The van der Waals surface area contributed by atoms with Gasteiger partial charge in [-0.3, -0.25) is 4.99 Å². The van der Waals surface area contributed by atoms with Gasteiger partial charge < -0.3 is 0 Å². The van der Waals surface area contributed by atoms with Crippen molar-refractivity contribution < 1.29 is 0 Å². The maximum absolute atomic E-state index is 4.86. The SMILES string of the molecule is C/C=C\C(C=N[C@@H]1C[C@@H]2C[C@H]([C@H]1C)C2(C)C)=C/C. The summed E-state index contributed by atoms with van der Waals surface area (Å²) in [5, 5.41) is 0.